The third-order valence-corrected chi connectivity index (χ3v) is 4.29. The van der Waals surface area contributed by atoms with Crippen LogP contribution < -0.4 is 15.9 Å². The quantitative estimate of drug-likeness (QED) is 0.233. The summed E-state index contributed by atoms with van der Waals surface area (Å²) in [5, 5.41) is 20.3. The van der Waals surface area contributed by atoms with E-state index in [9.17, 15) is 19.6 Å². The predicted octanol–water partition coefficient (Wildman–Crippen LogP) is -3.14. The summed E-state index contributed by atoms with van der Waals surface area (Å²) in [7, 11) is -3.19. The maximum atomic E-state index is 12.0. The highest BCUT2D eigenvalue weighted by atomic mass is 31.2. The Kier molecular flexibility index (Phi) is 4.41. The number of aliphatic hydroxyl groups excluding tert-OH is 2. The lowest BCUT2D eigenvalue weighted by Gasteiger charge is -2.14. The Balaban J connectivity index is 1.96. The van der Waals surface area contributed by atoms with Crippen LogP contribution in [0.25, 0.3) is 11.2 Å². The summed E-state index contributed by atoms with van der Waals surface area (Å²) in [6, 6.07) is 0. The van der Waals surface area contributed by atoms with Crippen molar-refractivity contribution in [1.29, 1.82) is 0 Å². The van der Waals surface area contributed by atoms with Crippen LogP contribution in [0.2, 0.25) is 0 Å². The van der Waals surface area contributed by atoms with Crippen molar-refractivity contribution in [2.24, 2.45) is 7.05 Å². The molecule has 14 heteroatoms. The van der Waals surface area contributed by atoms with Crippen LogP contribution in [0.1, 0.15) is 6.23 Å². The molecule has 0 spiro atoms. The first-order chi connectivity index (χ1) is 11.6. The van der Waals surface area contributed by atoms with Crippen LogP contribution in [-0.2, 0) is 20.9 Å². The Morgan fingerprint density at radius 2 is 2.16 bits per heavy atom. The fourth-order valence-corrected chi connectivity index (χ4v) is 3.06. The SMILES string of the molecule is C[n+]1cn([C@@H]2O[C@H](COP(=O)(O)O)[C@@H](O)[C@H]2O)c2nc(N)[nH]c(=O)c21. The Hall–Kier alpha value is -1.86. The summed E-state index contributed by atoms with van der Waals surface area (Å²) >= 11 is 0. The average molecular weight is 378 g/mol. The minimum atomic E-state index is -4.76. The molecule has 2 aromatic rings. The Morgan fingerprint density at radius 3 is 2.80 bits per heavy atom. The second-order valence-corrected chi connectivity index (χ2v) is 6.83. The molecule has 3 heterocycles. The molecule has 0 amide bonds. The molecule has 0 unspecified atom stereocenters. The lowest BCUT2D eigenvalue weighted by atomic mass is 10.1. The number of nitrogen functional groups attached to an aromatic ring is 1. The largest absolute Gasteiger partial charge is 0.469 e. The van der Waals surface area contributed by atoms with Crippen LogP contribution in [0.5, 0.6) is 0 Å². The Bertz CT molecular complexity index is 906. The standard InChI is InChI=1S/C11H16N5O8P/c1-15-3-16(8-5(15)9(19)14-11(12)13-8)10-7(18)6(17)4(24-10)2-23-25(20,21)22/h3-4,6-7,10,17-18H,2H2,1H3,(H4-,12,13,14,19,20,21,22)/p+1/t4-,6-,7-,10-/m1/s1. The molecule has 1 aliphatic rings. The highest BCUT2D eigenvalue weighted by Crippen LogP contribution is 2.38. The number of fused-ring (bicyclic) bond motifs is 1. The number of aryl methyl sites for hydroxylation is 1. The fourth-order valence-electron chi connectivity index (χ4n) is 2.72. The van der Waals surface area contributed by atoms with Gasteiger partial charge in [-0.2, -0.15) is 9.55 Å². The summed E-state index contributed by atoms with van der Waals surface area (Å²) in [5.74, 6) is -0.146. The van der Waals surface area contributed by atoms with Crippen LogP contribution in [0.3, 0.4) is 0 Å². The smallest absolute Gasteiger partial charge is 0.387 e. The number of aliphatic hydroxyl groups is 2. The van der Waals surface area contributed by atoms with Crippen LogP contribution in [-0.4, -0.2) is 59.5 Å². The van der Waals surface area contributed by atoms with Crippen LogP contribution in [0.15, 0.2) is 11.1 Å². The second-order valence-electron chi connectivity index (χ2n) is 5.59. The van der Waals surface area contributed by atoms with Crippen LogP contribution >= 0.6 is 7.82 Å². The van der Waals surface area contributed by atoms with E-state index in [1.807, 2.05) is 0 Å². The first kappa shape index (κ1) is 17.9. The van der Waals surface area contributed by atoms with E-state index in [4.69, 9.17) is 20.3 Å². The molecule has 13 nitrogen and oxygen atoms in total. The summed E-state index contributed by atoms with van der Waals surface area (Å²) in [4.78, 5) is 35.8. The Morgan fingerprint density at radius 1 is 1.48 bits per heavy atom. The highest BCUT2D eigenvalue weighted by molar-refractivity contribution is 7.46. The molecule has 3 rings (SSSR count). The van der Waals surface area contributed by atoms with Gasteiger partial charge in [0.15, 0.2) is 0 Å². The molecule has 0 aliphatic carbocycles. The van der Waals surface area contributed by atoms with Gasteiger partial charge < -0.3 is 30.5 Å². The molecule has 0 aromatic carbocycles. The van der Waals surface area contributed by atoms with E-state index in [0.29, 0.717) is 0 Å². The van der Waals surface area contributed by atoms with Gasteiger partial charge in [0.25, 0.3) is 11.2 Å². The molecule has 0 saturated carbocycles. The number of imidazole rings is 1. The highest BCUT2D eigenvalue weighted by Gasteiger charge is 2.48. The number of aromatic amines is 1. The van der Waals surface area contributed by atoms with Crippen molar-refractivity contribution in [2.45, 2.75) is 24.5 Å². The van der Waals surface area contributed by atoms with E-state index in [1.54, 1.807) is 7.05 Å². The normalized spacial score (nSPS) is 27.2. The van der Waals surface area contributed by atoms with E-state index in [0.717, 1.165) is 0 Å². The van der Waals surface area contributed by atoms with E-state index >= 15 is 0 Å². The number of nitrogens with two attached hydrogens (primary N) is 1. The van der Waals surface area contributed by atoms with Crippen molar-refractivity contribution < 1.29 is 38.4 Å². The van der Waals surface area contributed by atoms with Gasteiger partial charge in [0.05, 0.1) is 13.7 Å². The second kappa shape index (κ2) is 6.14. The number of H-pyrrole nitrogens is 1. The minimum Gasteiger partial charge on any atom is -0.387 e. The molecule has 1 saturated heterocycles. The average Bonchev–Trinajstić information content (AvgIpc) is 2.95. The lowest BCUT2D eigenvalue weighted by molar-refractivity contribution is -0.646. The first-order valence-electron chi connectivity index (χ1n) is 7.06. The molecule has 2 aromatic heterocycles. The number of phosphoric ester groups is 1. The zero-order valence-electron chi connectivity index (χ0n) is 12.9. The first-order valence-corrected chi connectivity index (χ1v) is 8.59. The fraction of sp³-hybridized carbons (Fsp3) is 0.545. The minimum absolute atomic E-state index is 0.108. The van der Waals surface area contributed by atoms with Gasteiger partial charge >= 0.3 is 13.4 Å². The van der Waals surface area contributed by atoms with Crippen molar-refractivity contribution in [2.75, 3.05) is 12.3 Å². The zero-order chi connectivity index (χ0) is 18.5. The van der Waals surface area contributed by atoms with E-state index in [-0.39, 0.29) is 17.1 Å². The number of nitrogens with zero attached hydrogens (tertiary/aromatic N) is 3. The van der Waals surface area contributed by atoms with Crippen LogP contribution in [0.4, 0.5) is 5.95 Å². The molecule has 7 N–H and O–H groups in total. The molecule has 1 fully saturated rings. The maximum Gasteiger partial charge on any atom is 0.469 e. The van der Waals surface area contributed by atoms with Gasteiger partial charge in [-0.3, -0.25) is 14.3 Å². The maximum absolute atomic E-state index is 12.0. The molecule has 138 valence electrons. The number of ether oxygens (including phenoxy) is 1. The topological polar surface area (TPSA) is 197 Å². The number of aromatic nitrogens is 4. The van der Waals surface area contributed by atoms with Gasteiger partial charge in [-0.05, 0) is 0 Å². The zero-order valence-corrected chi connectivity index (χ0v) is 13.8. The van der Waals surface area contributed by atoms with Gasteiger partial charge in [-0.15, -0.1) is 0 Å². The van der Waals surface area contributed by atoms with Gasteiger partial charge in [0.1, 0.15) is 18.3 Å². The molecule has 4 atom stereocenters. The predicted molar refractivity (Wildman–Crippen MR) is 79.9 cm³/mol. The molecular formula is C11H17N5O8P+. The van der Waals surface area contributed by atoms with Gasteiger partial charge in [0, 0.05) is 0 Å². The third kappa shape index (κ3) is 3.30. The van der Waals surface area contributed by atoms with Crippen molar-refractivity contribution in [1.82, 2.24) is 14.5 Å². The number of anilines is 1. The molecule has 0 bridgehead atoms. The monoisotopic (exact) mass is 378 g/mol. The summed E-state index contributed by atoms with van der Waals surface area (Å²) in [6.07, 6.45) is -3.88. The number of phosphoric acid groups is 1. The van der Waals surface area contributed by atoms with Crippen molar-refractivity contribution >= 4 is 24.9 Å². The molecule has 1 aliphatic heterocycles. The van der Waals surface area contributed by atoms with Gasteiger partial charge in [-0.1, -0.05) is 0 Å². The van der Waals surface area contributed by atoms with Crippen LogP contribution in [0, 0.1) is 0 Å². The number of hydrogen-bond acceptors (Lipinski definition) is 8. The number of rotatable bonds is 4. The number of hydrogen-bond donors (Lipinski definition) is 6. The van der Waals surface area contributed by atoms with Crippen molar-refractivity contribution in [3.05, 3.63) is 16.7 Å². The molecule has 0 radical (unpaired) electrons. The summed E-state index contributed by atoms with van der Waals surface area (Å²) in [6.45, 7) is -0.638. The lowest BCUT2D eigenvalue weighted by Crippen LogP contribution is -2.34. The Labute approximate surface area is 139 Å². The van der Waals surface area contributed by atoms with E-state index < -0.39 is 44.5 Å². The number of nitrogens with one attached hydrogen (secondary N) is 1. The summed E-state index contributed by atoms with van der Waals surface area (Å²) < 4.78 is 23.3. The van der Waals surface area contributed by atoms with E-state index in [1.165, 1.54) is 15.5 Å². The van der Waals surface area contributed by atoms with Crippen molar-refractivity contribution in [3.63, 3.8) is 0 Å². The van der Waals surface area contributed by atoms with Gasteiger partial charge in [0.2, 0.25) is 18.5 Å². The molecular weight excluding hydrogens is 361 g/mol. The molecule has 25 heavy (non-hydrogen) atoms. The third-order valence-electron chi connectivity index (χ3n) is 3.81. The van der Waals surface area contributed by atoms with Crippen molar-refractivity contribution in [3.8, 4) is 0 Å². The summed E-state index contributed by atoms with van der Waals surface area (Å²) in [5.41, 5.74) is 5.31. The van der Waals surface area contributed by atoms with Gasteiger partial charge in [-0.25, -0.2) is 9.13 Å². The van der Waals surface area contributed by atoms with E-state index in [2.05, 4.69) is 14.5 Å².